The average molecular weight is 334 g/mol. The zero-order valence-electron chi connectivity index (χ0n) is 11.4. The Morgan fingerprint density at radius 1 is 1.40 bits per heavy atom. The summed E-state index contributed by atoms with van der Waals surface area (Å²) in [6, 6.07) is 4.36. The largest absolute Gasteiger partial charge is 0.468 e. The van der Waals surface area contributed by atoms with Crippen molar-refractivity contribution < 1.29 is 9.53 Å². The van der Waals surface area contributed by atoms with Gasteiger partial charge in [0.2, 0.25) is 0 Å². The Hall–Kier alpha value is -1.29. The minimum Gasteiger partial charge on any atom is -0.468 e. The van der Waals surface area contributed by atoms with Crippen molar-refractivity contribution in [1.29, 1.82) is 0 Å². The minimum atomic E-state index is -0.388. The number of esters is 1. The highest BCUT2D eigenvalue weighted by Gasteiger charge is 2.54. The Morgan fingerprint density at radius 2 is 2.20 bits per heavy atom. The van der Waals surface area contributed by atoms with Crippen molar-refractivity contribution in [3.05, 3.63) is 33.9 Å². The molecule has 1 saturated carbocycles. The zero-order valence-corrected chi connectivity index (χ0v) is 13.0. The molecular weight excluding hydrogens is 318 g/mol. The molecule has 0 saturated heterocycles. The number of halogens is 1. The van der Waals surface area contributed by atoms with Gasteiger partial charge < -0.3 is 9.30 Å². The molecule has 4 heteroatoms. The number of benzene rings is 1. The van der Waals surface area contributed by atoms with Crippen LogP contribution in [0.15, 0.2) is 22.8 Å². The smallest absolute Gasteiger partial charge is 0.316 e. The number of hydrogen-bond donors (Lipinski definition) is 0. The first-order valence-corrected chi connectivity index (χ1v) is 7.85. The number of aromatic nitrogens is 1. The zero-order chi connectivity index (χ0) is 13.9. The summed E-state index contributed by atoms with van der Waals surface area (Å²) in [5.74, 6) is -0.0858. The molecule has 0 radical (unpaired) electrons. The standard InChI is InChI=1S/C16H16BrNO2/c1-20-15(19)16(4-5-16)13-9-18-6-2-3-10-7-11(17)8-12(13)14(10)18/h7-9H,2-6H2,1H3. The van der Waals surface area contributed by atoms with E-state index in [9.17, 15) is 4.79 Å². The van der Waals surface area contributed by atoms with Gasteiger partial charge >= 0.3 is 5.97 Å². The molecule has 0 spiro atoms. The predicted octanol–water partition coefficient (Wildman–Crippen LogP) is 3.55. The lowest BCUT2D eigenvalue weighted by Crippen LogP contribution is -2.21. The van der Waals surface area contributed by atoms with Crippen molar-refractivity contribution in [1.82, 2.24) is 4.57 Å². The van der Waals surface area contributed by atoms with E-state index in [1.165, 1.54) is 23.6 Å². The van der Waals surface area contributed by atoms with Crippen LogP contribution in [0.5, 0.6) is 0 Å². The van der Waals surface area contributed by atoms with Crippen LogP contribution >= 0.6 is 15.9 Å². The number of rotatable bonds is 2. The molecule has 0 unspecified atom stereocenters. The molecule has 2 heterocycles. The Labute approximate surface area is 126 Å². The van der Waals surface area contributed by atoms with E-state index in [2.05, 4.69) is 38.8 Å². The molecule has 3 nitrogen and oxygen atoms in total. The second-order valence-electron chi connectivity index (χ2n) is 5.87. The molecule has 0 bridgehead atoms. The third-order valence-electron chi connectivity index (χ3n) is 4.70. The van der Waals surface area contributed by atoms with Crippen molar-refractivity contribution in [3.63, 3.8) is 0 Å². The van der Waals surface area contributed by atoms with Crippen LogP contribution in [0.1, 0.15) is 30.4 Å². The summed E-state index contributed by atoms with van der Waals surface area (Å²) in [5.41, 5.74) is 3.46. The van der Waals surface area contributed by atoms with Crippen molar-refractivity contribution in [2.24, 2.45) is 0 Å². The Kier molecular flexibility index (Phi) is 2.56. The molecule has 0 amide bonds. The van der Waals surface area contributed by atoms with E-state index in [1.807, 2.05) is 0 Å². The number of nitrogens with zero attached hydrogens (tertiary/aromatic N) is 1. The summed E-state index contributed by atoms with van der Waals surface area (Å²) < 4.78 is 8.46. The minimum absolute atomic E-state index is 0.0858. The second-order valence-corrected chi connectivity index (χ2v) is 6.79. The number of methoxy groups -OCH3 is 1. The van der Waals surface area contributed by atoms with Crippen molar-refractivity contribution in [2.75, 3.05) is 7.11 Å². The third-order valence-corrected chi connectivity index (χ3v) is 5.16. The van der Waals surface area contributed by atoms with Crippen molar-refractivity contribution in [3.8, 4) is 0 Å². The molecule has 1 aromatic heterocycles. The van der Waals surface area contributed by atoms with Crippen LogP contribution in [-0.4, -0.2) is 17.6 Å². The maximum Gasteiger partial charge on any atom is 0.316 e. The molecule has 1 aliphatic carbocycles. The molecule has 1 aliphatic heterocycles. The van der Waals surface area contributed by atoms with Gasteiger partial charge in [-0.05, 0) is 48.9 Å². The fourth-order valence-corrected chi connectivity index (χ4v) is 4.09. The molecule has 1 aromatic carbocycles. The first kappa shape index (κ1) is 12.5. The monoisotopic (exact) mass is 333 g/mol. The van der Waals surface area contributed by atoms with Gasteiger partial charge in [0.25, 0.3) is 0 Å². The van der Waals surface area contributed by atoms with Gasteiger partial charge in [0.1, 0.15) is 0 Å². The average Bonchev–Trinajstić information content (AvgIpc) is 3.17. The van der Waals surface area contributed by atoms with Crippen LogP contribution < -0.4 is 0 Å². The fraction of sp³-hybridized carbons (Fsp3) is 0.438. The molecule has 2 aromatic rings. The number of aryl methyl sites for hydroxylation is 2. The third kappa shape index (κ3) is 1.54. The van der Waals surface area contributed by atoms with Crippen LogP contribution in [0.3, 0.4) is 0 Å². The lowest BCUT2D eigenvalue weighted by molar-refractivity contribution is -0.143. The van der Waals surface area contributed by atoms with E-state index in [4.69, 9.17) is 4.74 Å². The predicted molar refractivity (Wildman–Crippen MR) is 80.9 cm³/mol. The van der Waals surface area contributed by atoms with E-state index in [0.717, 1.165) is 42.3 Å². The summed E-state index contributed by atoms with van der Waals surface area (Å²) in [4.78, 5) is 12.2. The highest BCUT2D eigenvalue weighted by Crippen LogP contribution is 2.52. The molecule has 0 N–H and O–H groups in total. The van der Waals surface area contributed by atoms with Gasteiger partial charge in [-0.15, -0.1) is 0 Å². The highest BCUT2D eigenvalue weighted by molar-refractivity contribution is 9.10. The normalized spacial score (nSPS) is 19.1. The lowest BCUT2D eigenvalue weighted by Gasteiger charge is -2.15. The Balaban J connectivity index is 2.01. The molecule has 1 fully saturated rings. The van der Waals surface area contributed by atoms with Gasteiger partial charge in [-0.2, -0.15) is 0 Å². The fourth-order valence-electron chi connectivity index (χ4n) is 3.58. The number of carbonyl (C=O) groups is 1. The first-order chi connectivity index (χ1) is 9.65. The van der Waals surface area contributed by atoms with Gasteiger partial charge in [-0.3, -0.25) is 4.79 Å². The second kappa shape index (κ2) is 4.10. The van der Waals surface area contributed by atoms with Gasteiger partial charge in [0.15, 0.2) is 0 Å². The molecule has 20 heavy (non-hydrogen) atoms. The van der Waals surface area contributed by atoms with Crippen LogP contribution in [0.25, 0.3) is 10.9 Å². The van der Waals surface area contributed by atoms with E-state index in [-0.39, 0.29) is 11.4 Å². The van der Waals surface area contributed by atoms with Gasteiger partial charge in [0.05, 0.1) is 18.0 Å². The summed E-state index contributed by atoms with van der Waals surface area (Å²) in [5, 5.41) is 1.22. The summed E-state index contributed by atoms with van der Waals surface area (Å²) in [7, 11) is 1.49. The van der Waals surface area contributed by atoms with Crippen molar-refractivity contribution in [2.45, 2.75) is 37.6 Å². The first-order valence-electron chi connectivity index (χ1n) is 7.06. The van der Waals surface area contributed by atoms with Gasteiger partial charge in [0, 0.05) is 22.6 Å². The number of hydrogen-bond acceptors (Lipinski definition) is 2. The van der Waals surface area contributed by atoms with Crippen LogP contribution in [0, 0.1) is 0 Å². The summed E-state index contributed by atoms with van der Waals surface area (Å²) >= 11 is 3.61. The van der Waals surface area contributed by atoms with E-state index >= 15 is 0 Å². The molecule has 4 rings (SSSR count). The SMILES string of the molecule is COC(=O)C1(c2cn3c4c(cc(Br)cc24)CCC3)CC1. The molecular formula is C16H16BrNO2. The summed E-state index contributed by atoms with van der Waals surface area (Å²) in [6.45, 7) is 1.04. The van der Waals surface area contributed by atoms with Gasteiger partial charge in [-0.25, -0.2) is 0 Å². The number of carbonyl (C=O) groups excluding carboxylic acids is 1. The molecule has 2 aliphatic rings. The van der Waals surface area contributed by atoms with E-state index in [1.54, 1.807) is 0 Å². The number of ether oxygens (including phenoxy) is 1. The highest BCUT2D eigenvalue weighted by atomic mass is 79.9. The van der Waals surface area contributed by atoms with Crippen molar-refractivity contribution >= 4 is 32.8 Å². The van der Waals surface area contributed by atoms with E-state index in [0.29, 0.717) is 0 Å². The maximum atomic E-state index is 12.2. The molecule has 104 valence electrons. The topological polar surface area (TPSA) is 31.2 Å². The lowest BCUT2D eigenvalue weighted by atomic mass is 9.94. The van der Waals surface area contributed by atoms with Crippen LogP contribution in [0.2, 0.25) is 0 Å². The Morgan fingerprint density at radius 3 is 2.90 bits per heavy atom. The van der Waals surface area contributed by atoms with Gasteiger partial charge in [-0.1, -0.05) is 15.9 Å². The van der Waals surface area contributed by atoms with Crippen LogP contribution in [-0.2, 0) is 27.9 Å². The van der Waals surface area contributed by atoms with Crippen LogP contribution in [0.4, 0.5) is 0 Å². The van der Waals surface area contributed by atoms with E-state index < -0.39 is 0 Å². The molecule has 0 atom stereocenters. The summed E-state index contributed by atoms with van der Waals surface area (Å²) in [6.07, 6.45) is 6.27. The Bertz CT molecular complexity index is 728. The quantitative estimate of drug-likeness (QED) is 0.787. The maximum absolute atomic E-state index is 12.2.